The highest BCUT2D eigenvalue weighted by atomic mass is 35.5. The van der Waals surface area contributed by atoms with Crippen LogP contribution in [0, 0.1) is 12.8 Å². The first-order valence-electron chi connectivity index (χ1n) is 10.9. The highest BCUT2D eigenvalue weighted by molar-refractivity contribution is 6.53. The fourth-order valence-corrected chi connectivity index (χ4v) is 4.25. The van der Waals surface area contributed by atoms with Crippen LogP contribution in [0.5, 0.6) is 5.75 Å². The minimum atomic E-state index is -0.626. The number of rotatable bonds is 5. The van der Waals surface area contributed by atoms with Crippen LogP contribution >= 0.6 is 11.6 Å². The zero-order valence-corrected chi connectivity index (χ0v) is 19.6. The molecule has 2 aliphatic heterocycles. The van der Waals surface area contributed by atoms with E-state index in [1.807, 2.05) is 17.9 Å². The van der Waals surface area contributed by atoms with Gasteiger partial charge in [0.1, 0.15) is 16.5 Å². The molecule has 0 saturated carbocycles. The van der Waals surface area contributed by atoms with E-state index in [9.17, 15) is 14.4 Å². The summed E-state index contributed by atoms with van der Waals surface area (Å²) in [6.45, 7) is 5.58. The van der Waals surface area contributed by atoms with Crippen molar-refractivity contribution in [3.8, 4) is 5.75 Å². The highest BCUT2D eigenvalue weighted by Crippen LogP contribution is 2.36. The second-order valence-corrected chi connectivity index (χ2v) is 8.87. The van der Waals surface area contributed by atoms with Crippen LogP contribution in [-0.2, 0) is 9.59 Å². The van der Waals surface area contributed by atoms with E-state index in [4.69, 9.17) is 16.3 Å². The Hall–Kier alpha value is -3.32. The summed E-state index contributed by atoms with van der Waals surface area (Å²) < 4.78 is 5.33. The van der Waals surface area contributed by atoms with Crippen molar-refractivity contribution in [2.45, 2.75) is 26.7 Å². The van der Waals surface area contributed by atoms with Crippen molar-refractivity contribution >= 4 is 40.7 Å². The average molecular weight is 468 g/mol. The van der Waals surface area contributed by atoms with Crippen LogP contribution < -0.4 is 15.0 Å². The van der Waals surface area contributed by atoms with E-state index in [0.717, 1.165) is 36.4 Å². The van der Waals surface area contributed by atoms with Crippen LogP contribution in [0.25, 0.3) is 0 Å². The third-order valence-electron chi connectivity index (χ3n) is 6.07. The molecule has 2 aliphatic rings. The standard InChI is InChI=1S/C25H26ClN3O4/c1-15-10-12-28(13-11-15)23(30)17-5-7-18(8-6-17)27-22-21(26)24(31)29(25(22)32)19-14-16(2)4-9-20(19)33-3/h4-9,14-15,27H,10-13H2,1-3H3. The minimum Gasteiger partial charge on any atom is -0.495 e. The molecule has 2 aromatic rings. The van der Waals surface area contributed by atoms with E-state index in [0.29, 0.717) is 28.6 Å². The molecule has 0 bridgehead atoms. The molecular formula is C25H26ClN3O4. The summed E-state index contributed by atoms with van der Waals surface area (Å²) in [5.41, 5.74) is 2.31. The molecule has 2 aromatic carbocycles. The second kappa shape index (κ2) is 9.27. The van der Waals surface area contributed by atoms with Gasteiger partial charge in [-0.25, -0.2) is 4.90 Å². The van der Waals surface area contributed by atoms with Crippen LogP contribution in [0.1, 0.15) is 35.7 Å². The number of ether oxygens (including phenoxy) is 1. The number of hydrogen-bond donors (Lipinski definition) is 1. The van der Waals surface area contributed by atoms with Crippen molar-refractivity contribution in [3.05, 3.63) is 64.3 Å². The lowest BCUT2D eigenvalue weighted by Crippen LogP contribution is -2.37. The Bertz CT molecular complexity index is 1130. The summed E-state index contributed by atoms with van der Waals surface area (Å²) >= 11 is 6.25. The molecule has 4 rings (SSSR count). The number of nitrogens with one attached hydrogen (secondary N) is 1. The molecule has 0 radical (unpaired) electrons. The topological polar surface area (TPSA) is 79.0 Å². The zero-order valence-electron chi connectivity index (χ0n) is 18.9. The molecule has 2 heterocycles. The highest BCUT2D eigenvalue weighted by Gasteiger charge is 2.40. The van der Waals surface area contributed by atoms with Gasteiger partial charge in [0.25, 0.3) is 17.7 Å². The van der Waals surface area contributed by atoms with Crippen molar-refractivity contribution in [1.29, 1.82) is 0 Å². The number of likely N-dealkylation sites (tertiary alicyclic amines) is 1. The Morgan fingerprint density at radius 3 is 2.36 bits per heavy atom. The largest absolute Gasteiger partial charge is 0.495 e. The van der Waals surface area contributed by atoms with Gasteiger partial charge in [-0.2, -0.15) is 0 Å². The molecular weight excluding hydrogens is 442 g/mol. The monoisotopic (exact) mass is 467 g/mol. The number of hydrogen-bond acceptors (Lipinski definition) is 5. The number of benzene rings is 2. The summed E-state index contributed by atoms with van der Waals surface area (Å²) in [6, 6.07) is 12.0. The van der Waals surface area contributed by atoms with Crippen LogP contribution in [-0.4, -0.2) is 42.8 Å². The lowest BCUT2D eigenvalue weighted by molar-refractivity contribution is -0.120. The van der Waals surface area contributed by atoms with Crippen molar-refractivity contribution in [1.82, 2.24) is 4.90 Å². The molecule has 1 saturated heterocycles. The number of anilines is 2. The molecule has 3 amide bonds. The molecule has 0 aromatic heterocycles. The smallest absolute Gasteiger partial charge is 0.283 e. The quantitative estimate of drug-likeness (QED) is 0.663. The van der Waals surface area contributed by atoms with Crippen LogP contribution in [0.15, 0.2) is 53.2 Å². The molecule has 0 atom stereocenters. The van der Waals surface area contributed by atoms with Gasteiger partial charge >= 0.3 is 0 Å². The first-order valence-corrected chi connectivity index (χ1v) is 11.3. The summed E-state index contributed by atoms with van der Waals surface area (Å²) in [4.78, 5) is 41.5. The number of piperidine rings is 1. The zero-order chi connectivity index (χ0) is 23.7. The molecule has 1 fully saturated rings. The van der Waals surface area contributed by atoms with E-state index >= 15 is 0 Å². The Balaban J connectivity index is 1.51. The normalized spacial score (nSPS) is 17.1. The molecule has 33 heavy (non-hydrogen) atoms. The maximum absolute atomic E-state index is 13.1. The maximum Gasteiger partial charge on any atom is 0.283 e. The summed E-state index contributed by atoms with van der Waals surface area (Å²) in [5.74, 6) is -0.168. The van der Waals surface area contributed by atoms with Crippen LogP contribution in [0.3, 0.4) is 0 Å². The van der Waals surface area contributed by atoms with Gasteiger partial charge in [0.2, 0.25) is 0 Å². The second-order valence-electron chi connectivity index (χ2n) is 8.49. The average Bonchev–Trinajstić information content (AvgIpc) is 3.02. The first kappa shape index (κ1) is 22.9. The molecule has 0 aliphatic carbocycles. The van der Waals surface area contributed by atoms with Gasteiger partial charge in [-0.05, 0) is 67.6 Å². The minimum absolute atomic E-state index is 0.00413. The summed E-state index contributed by atoms with van der Waals surface area (Å²) in [6.07, 6.45) is 2.02. The van der Waals surface area contributed by atoms with Crippen molar-refractivity contribution in [2.75, 3.05) is 30.4 Å². The Labute approximate surface area is 198 Å². The summed E-state index contributed by atoms with van der Waals surface area (Å²) in [7, 11) is 1.47. The number of methoxy groups -OCH3 is 1. The number of nitrogens with zero attached hydrogens (tertiary/aromatic N) is 2. The number of imide groups is 1. The SMILES string of the molecule is COc1ccc(C)cc1N1C(=O)C(Cl)=C(Nc2ccc(C(=O)N3CCC(C)CC3)cc2)C1=O. The lowest BCUT2D eigenvalue weighted by atomic mass is 9.98. The molecule has 7 nitrogen and oxygen atoms in total. The van der Waals surface area contributed by atoms with Crippen LogP contribution in [0.4, 0.5) is 11.4 Å². The van der Waals surface area contributed by atoms with Gasteiger partial charge in [-0.15, -0.1) is 0 Å². The molecule has 1 N–H and O–H groups in total. The van der Waals surface area contributed by atoms with Gasteiger partial charge < -0.3 is 15.0 Å². The van der Waals surface area contributed by atoms with E-state index in [1.54, 1.807) is 36.4 Å². The molecule has 172 valence electrons. The van der Waals surface area contributed by atoms with Crippen LogP contribution in [0.2, 0.25) is 0 Å². The third-order valence-corrected chi connectivity index (χ3v) is 6.43. The number of carbonyl (C=O) groups excluding carboxylic acids is 3. The van der Waals surface area contributed by atoms with Gasteiger partial charge in [-0.1, -0.05) is 24.6 Å². The number of halogens is 1. The van der Waals surface area contributed by atoms with Crippen molar-refractivity contribution in [2.24, 2.45) is 5.92 Å². The predicted molar refractivity (Wildman–Crippen MR) is 127 cm³/mol. The Morgan fingerprint density at radius 1 is 1.06 bits per heavy atom. The number of aryl methyl sites for hydroxylation is 1. The fourth-order valence-electron chi connectivity index (χ4n) is 4.04. The van der Waals surface area contributed by atoms with Gasteiger partial charge in [0, 0.05) is 24.3 Å². The lowest BCUT2D eigenvalue weighted by Gasteiger charge is -2.30. The molecule has 0 unspecified atom stereocenters. The third kappa shape index (κ3) is 4.46. The van der Waals surface area contributed by atoms with Crippen molar-refractivity contribution < 1.29 is 19.1 Å². The van der Waals surface area contributed by atoms with Crippen molar-refractivity contribution in [3.63, 3.8) is 0 Å². The van der Waals surface area contributed by atoms with E-state index < -0.39 is 11.8 Å². The Morgan fingerprint density at radius 2 is 1.73 bits per heavy atom. The first-order chi connectivity index (χ1) is 15.8. The molecule has 8 heteroatoms. The maximum atomic E-state index is 13.1. The van der Waals surface area contributed by atoms with Gasteiger partial charge in [0.05, 0.1) is 12.8 Å². The summed E-state index contributed by atoms with van der Waals surface area (Å²) in [5, 5.41) is 2.74. The van der Waals surface area contributed by atoms with E-state index in [-0.39, 0.29) is 16.6 Å². The Kier molecular flexibility index (Phi) is 6.42. The molecule has 0 spiro atoms. The van der Waals surface area contributed by atoms with Gasteiger partial charge in [0.15, 0.2) is 0 Å². The predicted octanol–water partition coefficient (Wildman–Crippen LogP) is 4.31. The number of carbonyl (C=O) groups is 3. The van der Waals surface area contributed by atoms with E-state index in [1.165, 1.54) is 7.11 Å². The van der Waals surface area contributed by atoms with E-state index in [2.05, 4.69) is 12.2 Å². The fraction of sp³-hybridized carbons (Fsp3) is 0.320. The number of amides is 3. The van der Waals surface area contributed by atoms with Gasteiger partial charge in [-0.3, -0.25) is 14.4 Å².